The van der Waals surface area contributed by atoms with Crippen molar-refractivity contribution in [3.05, 3.63) is 0 Å². The maximum atomic E-state index is 10.2. The van der Waals surface area contributed by atoms with Crippen molar-refractivity contribution < 1.29 is 9.53 Å². The Kier molecular flexibility index (Phi) is 4.32. The number of carbonyl (C=O) groups excluding carboxylic acids is 1. The zero-order valence-electron chi connectivity index (χ0n) is 6.26. The summed E-state index contributed by atoms with van der Waals surface area (Å²) < 4.78 is 5.08. The lowest BCUT2D eigenvalue weighted by Gasteiger charge is -2.12. The molecule has 54 valence electrons. The van der Waals surface area contributed by atoms with Crippen LogP contribution in [-0.4, -0.2) is 19.0 Å². The smallest absolute Gasteiger partial charge is 0.149 e. The van der Waals surface area contributed by atoms with E-state index in [2.05, 4.69) is 0 Å². The van der Waals surface area contributed by atoms with Crippen LogP contribution in [0.4, 0.5) is 0 Å². The number of carbonyl (C=O) groups is 1. The van der Waals surface area contributed by atoms with Crippen molar-refractivity contribution in [2.24, 2.45) is 5.92 Å². The molecule has 0 aromatic carbocycles. The zero-order valence-corrected chi connectivity index (χ0v) is 6.26. The van der Waals surface area contributed by atoms with Gasteiger partial charge in [-0.3, -0.25) is 0 Å². The van der Waals surface area contributed by atoms with E-state index < -0.39 is 0 Å². The van der Waals surface area contributed by atoms with Crippen LogP contribution in [0.5, 0.6) is 0 Å². The normalized spacial score (nSPS) is 13.8. The Morgan fingerprint density at radius 1 is 1.56 bits per heavy atom. The van der Waals surface area contributed by atoms with Crippen LogP contribution >= 0.6 is 0 Å². The molecule has 0 aliphatic carbocycles. The van der Waals surface area contributed by atoms with Gasteiger partial charge in [0.15, 0.2) is 0 Å². The maximum Gasteiger partial charge on any atom is 0.149 e. The second kappa shape index (κ2) is 4.50. The Morgan fingerprint density at radius 2 is 2.11 bits per heavy atom. The Balaban J connectivity index is 3.54. The third kappa shape index (κ3) is 3.25. The van der Waals surface area contributed by atoms with Crippen LogP contribution in [0, 0.1) is 5.92 Å². The quantitative estimate of drug-likeness (QED) is 0.535. The fourth-order valence-corrected chi connectivity index (χ4v) is 0.581. The van der Waals surface area contributed by atoms with Gasteiger partial charge in [-0.2, -0.15) is 0 Å². The highest BCUT2D eigenvalue weighted by Crippen LogP contribution is 2.02. The molecule has 0 aliphatic heterocycles. The van der Waals surface area contributed by atoms with Gasteiger partial charge in [0.05, 0.1) is 0 Å². The average Bonchev–Trinajstić information content (AvgIpc) is 1.82. The topological polar surface area (TPSA) is 26.3 Å². The number of ether oxygens (including phenoxy) is 1. The third-order valence-corrected chi connectivity index (χ3v) is 1.15. The maximum absolute atomic E-state index is 10.2. The molecule has 0 amide bonds. The average molecular weight is 130 g/mol. The fourth-order valence-electron chi connectivity index (χ4n) is 0.581. The van der Waals surface area contributed by atoms with E-state index in [9.17, 15) is 4.79 Å². The van der Waals surface area contributed by atoms with Crippen LogP contribution in [0.3, 0.4) is 0 Å². The summed E-state index contributed by atoms with van der Waals surface area (Å²) in [7, 11) is 0. The van der Waals surface area contributed by atoms with E-state index in [0.717, 1.165) is 6.29 Å². The molecule has 0 aromatic heterocycles. The van der Waals surface area contributed by atoms with Crippen LogP contribution in [0.15, 0.2) is 0 Å². The van der Waals surface area contributed by atoms with Gasteiger partial charge >= 0.3 is 0 Å². The molecule has 0 N–H and O–H groups in total. The summed E-state index contributed by atoms with van der Waals surface area (Å²) in [5.41, 5.74) is 0. The van der Waals surface area contributed by atoms with Crippen molar-refractivity contribution >= 4 is 6.29 Å². The first-order valence-electron chi connectivity index (χ1n) is 3.29. The van der Waals surface area contributed by atoms with Crippen LogP contribution in [0.25, 0.3) is 0 Å². The predicted octanol–water partition coefficient (Wildman–Crippen LogP) is 1.25. The van der Waals surface area contributed by atoms with Crippen LogP contribution in [0.2, 0.25) is 0 Å². The Bertz CT molecular complexity index is 79.0. The molecule has 0 saturated heterocycles. The molecule has 0 unspecified atom stereocenters. The molecule has 0 aliphatic rings. The highest BCUT2D eigenvalue weighted by molar-refractivity contribution is 5.56. The minimum Gasteiger partial charge on any atom is -0.371 e. The molecule has 0 rings (SSSR count). The molecular weight excluding hydrogens is 116 g/mol. The van der Waals surface area contributed by atoms with Crippen molar-refractivity contribution in [2.75, 3.05) is 6.61 Å². The van der Waals surface area contributed by atoms with Crippen molar-refractivity contribution in [3.8, 4) is 0 Å². The predicted molar refractivity (Wildman–Crippen MR) is 36.3 cm³/mol. The van der Waals surface area contributed by atoms with E-state index in [1.807, 2.05) is 20.8 Å². The van der Waals surface area contributed by atoms with Gasteiger partial charge in [-0.15, -0.1) is 0 Å². The molecule has 2 nitrogen and oxygen atoms in total. The number of hydrogen-bond donors (Lipinski definition) is 0. The van der Waals surface area contributed by atoms with Crippen molar-refractivity contribution in [2.45, 2.75) is 26.9 Å². The summed E-state index contributed by atoms with van der Waals surface area (Å²) in [6.07, 6.45) is 0.642. The summed E-state index contributed by atoms with van der Waals surface area (Å²) >= 11 is 0. The standard InChI is InChI=1S/C7H14O2/c1-4-9-7(5-8)6(2)3/h5-7H,4H2,1-3H3/t7-/m0/s1. The van der Waals surface area contributed by atoms with E-state index in [4.69, 9.17) is 4.74 Å². The van der Waals surface area contributed by atoms with Gasteiger partial charge < -0.3 is 9.53 Å². The lowest BCUT2D eigenvalue weighted by molar-refractivity contribution is -0.120. The SMILES string of the molecule is CCO[C@@H](C=O)C(C)C. The molecular formula is C7H14O2. The lowest BCUT2D eigenvalue weighted by Crippen LogP contribution is -2.20. The minimum atomic E-state index is -0.213. The first-order chi connectivity index (χ1) is 4.22. The van der Waals surface area contributed by atoms with Crippen LogP contribution in [-0.2, 0) is 9.53 Å². The first kappa shape index (κ1) is 8.63. The second-order valence-electron chi connectivity index (χ2n) is 2.30. The highest BCUT2D eigenvalue weighted by Gasteiger charge is 2.09. The van der Waals surface area contributed by atoms with E-state index in [1.165, 1.54) is 0 Å². The van der Waals surface area contributed by atoms with Crippen LogP contribution in [0.1, 0.15) is 20.8 Å². The van der Waals surface area contributed by atoms with E-state index in [1.54, 1.807) is 0 Å². The summed E-state index contributed by atoms with van der Waals surface area (Å²) in [4.78, 5) is 10.2. The summed E-state index contributed by atoms with van der Waals surface area (Å²) in [6.45, 7) is 6.43. The Hall–Kier alpha value is -0.370. The number of aldehydes is 1. The Labute approximate surface area is 56.2 Å². The van der Waals surface area contributed by atoms with Gasteiger partial charge in [0.2, 0.25) is 0 Å². The summed E-state index contributed by atoms with van der Waals surface area (Å²) in [5.74, 6) is 0.294. The molecule has 0 heterocycles. The Morgan fingerprint density at radius 3 is 2.22 bits per heavy atom. The largest absolute Gasteiger partial charge is 0.371 e. The van der Waals surface area contributed by atoms with Gasteiger partial charge in [-0.1, -0.05) is 13.8 Å². The molecule has 1 atom stereocenters. The van der Waals surface area contributed by atoms with E-state index >= 15 is 0 Å². The lowest BCUT2D eigenvalue weighted by atomic mass is 10.1. The molecule has 2 heteroatoms. The second-order valence-corrected chi connectivity index (χ2v) is 2.30. The fraction of sp³-hybridized carbons (Fsp3) is 0.857. The molecule has 0 aromatic rings. The monoisotopic (exact) mass is 130 g/mol. The van der Waals surface area contributed by atoms with Gasteiger partial charge in [0.1, 0.15) is 12.4 Å². The highest BCUT2D eigenvalue weighted by atomic mass is 16.5. The number of rotatable bonds is 4. The first-order valence-corrected chi connectivity index (χ1v) is 3.29. The molecule has 0 bridgehead atoms. The molecule has 0 spiro atoms. The molecule has 0 saturated carbocycles. The van der Waals surface area contributed by atoms with Gasteiger partial charge in [0.25, 0.3) is 0 Å². The van der Waals surface area contributed by atoms with E-state index in [0.29, 0.717) is 12.5 Å². The molecule has 0 fully saturated rings. The van der Waals surface area contributed by atoms with Crippen molar-refractivity contribution in [1.29, 1.82) is 0 Å². The van der Waals surface area contributed by atoms with Crippen molar-refractivity contribution in [3.63, 3.8) is 0 Å². The zero-order chi connectivity index (χ0) is 7.28. The van der Waals surface area contributed by atoms with Gasteiger partial charge in [0, 0.05) is 6.61 Å². The molecule has 0 radical (unpaired) electrons. The summed E-state index contributed by atoms with van der Waals surface area (Å²) in [6, 6.07) is 0. The minimum absolute atomic E-state index is 0.213. The van der Waals surface area contributed by atoms with Gasteiger partial charge in [-0.25, -0.2) is 0 Å². The third-order valence-electron chi connectivity index (χ3n) is 1.15. The van der Waals surface area contributed by atoms with Gasteiger partial charge in [-0.05, 0) is 12.8 Å². The van der Waals surface area contributed by atoms with E-state index in [-0.39, 0.29) is 6.10 Å². The van der Waals surface area contributed by atoms with Crippen molar-refractivity contribution in [1.82, 2.24) is 0 Å². The van der Waals surface area contributed by atoms with Crippen LogP contribution < -0.4 is 0 Å². The molecule has 9 heavy (non-hydrogen) atoms. The number of hydrogen-bond acceptors (Lipinski definition) is 2. The summed E-state index contributed by atoms with van der Waals surface area (Å²) in [5, 5.41) is 0.